The van der Waals surface area contributed by atoms with Crippen LogP contribution in [0, 0.1) is 0 Å². The molecule has 2 aromatic heterocycles. The van der Waals surface area contributed by atoms with Gasteiger partial charge in [0.25, 0.3) is 0 Å². The Hall–Kier alpha value is -1.97. The SMILES string of the molecule is FC(F)(F)c1ccc2c3ccccc3ccn12. The fourth-order valence-corrected chi connectivity index (χ4v) is 2.09. The maximum absolute atomic E-state index is 12.7. The standard InChI is InChI=1S/C13H8F3N/c14-13(15,16)12-6-5-11-10-4-2-1-3-9(10)7-8-17(11)12/h1-8H. The van der Waals surface area contributed by atoms with Crippen LogP contribution >= 0.6 is 0 Å². The third-order valence-corrected chi connectivity index (χ3v) is 2.85. The zero-order valence-corrected chi connectivity index (χ0v) is 8.70. The van der Waals surface area contributed by atoms with E-state index < -0.39 is 11.9 Å². The van der Waals surface area contributed by atoms with E-state index in [1.807, 2.05) is 24.3 Å². The molecule has 0 aliphatic carbocycles. The highest BCUT2D eigenvalue weighted by molar-refractivity contribution is 5.96. The summed E-state index contributed by atoms with van der Waals surface area (Å²) < 4.78 is 39.4. The zero-order valence-electron chi connectivity index (χ0n) is 8.70. The molecular formula is C13H8F3N. The van der Waals surface area contributed by atoms with Crippen LogP contribution < -0.4 is 0 Å². The van der Waals surface area contributed by atoms with E-state index in [0.29, 0.717) is 5.52 Å². The topological polar surface area (TPSA) is 4.41 Å². The van der Waals surface area contributed by atoms with Crippen LogP contribution in [0.2, 0.25) is 0 Å². The molecule has 0 spiro atoms. The fourth-order valence-electron chi connectivity index (χ4n) is 2.09. The largest absolute Gasteiger partial charge is 0.431 e. The quantitative estimate of drug-likeness (QED) is 0.552. The maximum Gasteiger partial charge on any atom is 0.431 e. The Bertz CT molecular complexity index is 695. The van der Waals surface area contributed by atoms with Gasteiger partial charge in [0, 0.05) is 11.6 Å². The number of aromatic nitrogens is 1. The molecule has 0 aliphatic heterocycles. The van der Waals surface area contributed by atoms with Crippen LogP contribution in [0.4, 0.5) is 13.2 Å². The van der Waals surface area contributed by atoms with Gasteiger partial charge >= 0.3 is 6.18 Å². The van der Waals surface area contributed by atoms with Crippen LogP contribution in [-0.2, 0) is 6.18 Å². The highest BCUT2D eigenvalue weighted by Gasteiger charge is 2.33. The molecule has 3 rings (SSSR count). The summed E-state index contributed by atoms with van der Waals surface area (Å²) in [6.07, 6.45) is -2.87. The summed E-state index contributed by atoms with van der Waals surface area (Å²) in [5.74, 6) is 0. The van der Waals surface area contributed by atoms with Gasteiger partial charge in [0.2, 0.25) is 0 Å². The molecule has 0 aliphatic rings. The van der Waals surface area contributed by atoms with Gasteiger partial charge in [-0.15, -0.1) is 0 Å². The molecular weight excluding hydrogens is 227 g/mol. The summed E-state index contributed by atoms with van der Waals surface area (Å²) in [6, 6.07) is 11.7. The smallest absolute Gasteiger partial charge is 0.312 e. The number of hydrogen-bond donors (Lipinski definition) is 0. The van der Waals surface area contributed by atoms with Crippen LogP contribution in [0.3, 0.4) is 0 Å². The van der Waals surface area contributed by atoms with E-state index >= 15 is 0 Å². The number of fused-ring (bicyclic) bond motifs is 3. The molecule has 2 heterocycles. The average Bonchev–Trinajstić information content (AvgIpc) is 2.72. The van der Waals surface area contributed by atoms with Crippen molar-refractivity contribution in [3.63, 3.8) is 0 Å². The molecule has 0 radical (unpaired) electrons. The minimum atomic E-state index is -4.32. The third kappa shape index (κ3) is 1.48. The van der Waals surface area contributed by atoms with Gasteiger partial charge in [-0.3, -0.25) is 0 Å². The highest BCUT2D eigenvalue weighted by atomic mass is 19.4. The molecule has 0 unspecified atom stereocenters. The Morgan fingerprint density at radius 3 is 2.41 bits per heavy atom. The molecule has 0 atom stereocenters. The third-order valence-electron chi connectivity index (χ3n) is 2.85. The lowest BCUT2D eigenvalue weighted by Crippen LogP contribution is -2.08. The fraction of sp³-hybridized carbons (Fsp3) is 0.0769. The zero-order chi connectivity index (χ0) is 12.0. The second kappa shape index (κ2) is 3.26. The van der Waals surface area contributed by atoms with E-state index in [-0.39, 0.29) is 0 Å². The van der Waals surface area contributed by atoms with Gasteiger partial charge in [0.15, 0.2) is 0 Å². The van der Waals surface area contributed by atoms with Crippen molar-refractivity contribution in [1.82, 2.24) is 4.40 Å². The summed E-state index contributed by atoms with van der Waals surface area (Å²) >= 11 is 0. The summed E-state index contributed by atoms with van der Waals surface area (Å²) in [5.41, 5.74) is -0.0614. The van der Waals surface area contributed by atoms with Gasteiger partial charge in [-0.25, -0.2) is 0 Å². The normalized spacial score (nSPS) is 12.4. The first-order chi connectivity index (χ1) is 8.07. The Kier molecular flexibility index (Phi) is 1.96. The lowest BCUT2D eigenvalue weighted by atomic mass is 10.1. The molecule has 0 saturated carbocycles. The first kappa shape index (κ1) is 10.2. The summed E-state index contributed by atoms with van der Waals surface area (Å²) in [5, 5.41) is 1.76. The van der Waals surface area contributed by atoms with Gasteiger partial charge in [-0.2, -0.15) is 13.2 Å². The van der Waals surface area contributed by atoms with Crippen LogP contribution in [0.5, 0.6) is 0 Å². The molecule has 3 aromatic rings. The van der Waals surface area contributed by atoms with E-state index in [4.69, 9.17) is 0 Å². The van der Waals surface area contributed by atoms with Crippen molar-refractivity contribution in [2.45, 2.75) is 6.18 Å². The van der Waals surface area contributed by atoms with Crippen molar-refractivity contribution in [1.29, 1.82) is 0 Å². The Morgan fingerprint density at radius 1 is 0.882 bits per heavy atom. The van der Waals surface area contributed by atoms with E-state index in [0.717, 1.165) is 16.8 Å². The molecule has 86 valence electrons. The molecule has 0 fully saturated rings. The number of hydrogen-bond acceptors (Lipinski definition) is 0. The molecule has 0 N–H and O–H groups in total. The van der Waals surface area contributed by atoms with Crippen LogP contribution in [0.25, 0.3) is 16.3 Å². The van der Waals surface area contributed by atoms with Crippen molar-refractivity contribution in [2.24, 2.45) is 0 Å². The number of benzene rings is 1. The minimum absolute atomic E-state index is 0.579. The van der Waals surface area contributed by atoms with E-state index in [2.05, 4.69) is 0 Å². The average molecular weight is 235 g/mol. The number of nitrogens with zero attached hydrogens (tertiary/aromatic N) is 1. The summed E-state index contributed by atoms with van der Waals surface area (Å²) in [7, 11) is 0. The van der Waals surface area contributed by atoms with E-state index in [1.54, 1.807) is 6.07 Å². The van der Waals surface area contributed by atoms with Gasteiger partial charge in [-0.1, -0.05) is 24.3 Å². The number of alkyl halides is 3. The molecule has 0 amide bonds. The Labute approximate surface area is 95.1 Å². The molecule has 4 heteroatoms. The van der Waals surface area contributed by atoms with E-state index in [1.165, 1.54) is 16.7 Å². The molecule has 1 nitrogen and oxygen atoms in total. The second-order valence-corrected chi connectivity index (χ2v) is 3.87. The highest BCUT2D eigenvalue weighted by Crippen LogP contribution is 2.32. The van der Waals surface area contributed by atoms with Gasteiger partial charge in [0.1, 0.15) is 5.69 Å². The second-order valence-electron chi connectivity index (χ2n) is 3.87. The number of halogens is 3. The van der Waals surface area contributed by atoms with E-state index in [9.17, 15) is 13.2 Å². The lowest BCUT2D eigenvalue weighted by molar-refractivity contribution is -0.141. The number of rotatable bonds is 0. The van der Waals surface area contributed by atoms with Crippen molar-refractivity contribution in [2.75, 3.05) is 0 Å². The first-order valence-corrected chi connectivity index (χ1v) is 5.13. The van der Waals surface area contributed by atoms with Crippen LogP contribution in [-0.4, -0.2) is 4.40 Å². The van der Waals surface area contributed by atoms with Crippen molar-refractivity contribution >= 4 is 16.3 Å². The van der Waals surface area contributed by atoms with Crippen molar-refractivity contribution in [3.8, 4) is 0 Å². The molecule has 17 heavy (non-hydrogen) atoms. The van der Waals surface area contributed by atoms with Crippen molar-refractivity contribution < 1.29 is 13.2 Å². The van der Waals surface area contributed by atoms with Gasteiger partial charge < -0.3 is 4.40 Å². The number of pyridine rings is 1. The molecule has 0 bridgehead atoms. The van der Waals surface area contributed by atoms with Crippen LogP contribution in [0.1, 0.15) is 5.69 Å². The minimum Gasteiger partial charge on any atom is -0.312 e. The Balaban J connectivity index is 2.43. The van der Waals surface area contributed by atoms with Crippen molar-refractivity contribution in [3.05, 3.63) is 54.4 Å². The monoisotopic (exact) mass is 235 g/mol. The first-order valence-electron chi connectivity index (χ1n) is 5.13. The maximum atomic E-state index is 12.7. The Morgan fingerprint density at radius 2 is 1.65 bits per heavy atom. The summed E-state index contributed by atoms with van der Waals surface area (Å²) in [6.45, 7) is 0. The lowest BCUT2D eigenvalue weighted by Gasteiger charge is -2.08. The molecule has 0 saturated heterocycles. The molecule has 1 aromatic carbocycles. The van der Waals surface area contributed by atoms with Gasteiger partial charge in [-0.05, 0) is 23.6 Å². The predicted molar refractivity (Wildman–Crippen MR) is 59.9 cm³/mol. The predicted octanol–water partition coefficient (Wildman–Crippen LogP) is 4.11. The summed E-state index contributed by atoms with van der Waals surface area (Å²) in [4.78, 5) is 0. The van der Waals surface area contributed by atoms with Crippen LogP contribution in [0.15, 0.2) is 48.7 Å². The van der Waals surface area contributed by atoms with Gasteiger partial charge in [0.05, 0.1) is 5.52 Å².